The lowest BCUT2D eigenvalue weighted by Gasteiger charge is -2.22. The maximum atomic E-state index is 10.3. The van der Waals surface area contributed by atoms with E-state index in [0.29, 0.717) is 5.69 Å². The fourth-order valence-corrected chi connectivity index (χ4v) is 1.33. The summed E-state index contributed by atoms with van der Waals surface area (Å²) in [6, 6.07) is -0.863. The fraction of sp³-hybridized carbons (Fsp3) is 0.583. The van der Waals surface area contributed by atoms with Crippen molar-refractivity contribution in [1.29, 1.82) is 0 Å². The number of nitrogens with two attached hydrogens (primary N) is 1. The number of carbonyl (C=O) groups excluding carboxylic acids is 1. The summed E-state index contributed by atoms with van der Waals surface area (Å²) in [6.45, 7) is -0.760. The van der Waals surface area contributed by atoms with Gasteiger partial charge in [-0.1, -0.05) is 0 Å². The second-order valence-electron chi connectivity index (χ2n) is 4.57. The number of H-pyrrole nitrogens is 1. The first-order chi connectivity index (χ1) is 10.7. The minimum atomic E-state index is -1.79. The lowest BCUT2D eigenvalue weighted by Crippen LogP contribution is -2.46. The van der Waals surface area contributed by atoms with Crippen LogP contribution in [-0.4, -0.2) is 89.9 Å². The van der Waals surface area contributed by atoms with Crippen LogP contribution in [0.1, 0.15) is 5.69 Å². The summed E-state index contributed by atoms with van der Waals surface area (Å²) in [6.07, 6.45) is -3.46. The van der Waals surface area contributed by atoms with Crippen LogP contribution in [0.2, 0.25) is 0 Å². The summed E-state index contributed by atoms with van der Waals surface area (Å²) in [5.41, 5.74) is 5.92. The first-order valence-corrected chi connectivity index (χ1v) is 6.49. The minimum Gasteiger partial charge on any atom is -0.480 e. The number of aromatic amines is 1. The number of aromatic nitrogens is 2. The molecule has 0 saturated heterocycles. The van der Waals surface area contributed by atoms with E-state index in [2.05, 4.69) is 9.97 Å². The molecule has 11 nitrogen and oxygen atoms in total. The average Bonchev–Trinajstić information content (AvgIpc) is 3.05. The molecule has 1 aromatic heterocycles. The van der Waals surface area contributed by atoms with Gasteiger partial charge in [-0.05, 0) is 0 Å². The summed E-state index contributed by atoms with van der Waals surface area (Å²) >= 11 is 0. The zero-order valence-electron chi connectivity index (χ0n) is 12.1. The Bertz CT molecular complexity index is 455. The Morgan fingerprint density at radius 3 is 2.30 bits per heavy atom. The van der Waals surface area contributed by atoms with Gasteiger partial charge in [-0.25, -0.2) is 4.98 Å². The topological polar surface area (TPSA) is 210 Å². The van der Waals surface area contributed by atoms with E-state index in [4.69, 9.17) is 36.4 Å². The van der Waals surface area contributed by atoms with E-state index in [1.165, 1.54) is 6.33 Å². The molecule has 0 unspecified atom stereocenters. The molecule has 0 aromatic carbocycles. The van der Waals surface area contributed by atoms with Crippen molar-refractivity contribution >= 4 is 12.3 Å². The number of aliphatic carboxylic acids is 1. The predicted molar refractivity (Wildman–Crippen MR) is 75.1 cm³/mol. The third-order valence-electron chi connectivity index (χ3n) is 2.72. The van der Waals surface area contributed by atoms with Crippen LogP contribution >= 0.6 is 0 Å². The lowest BCUT2D eigenvalue weighted by molar-refractivity contribution is -0.138. The maximum absolute atomic E-state index is 10.3. The number of imidazole rings is 1. The molecule has 0 radical (unpaired) electrons. The highest BCUT2D eigenvalue weighted by molar-refractivity contribution is 5.73. The van der Waals surface area contributed by atoms with Gasteiger partial charge in [0.05, 0.1) is 18.6 Å². The third kappa shape index (κ3) is 7.78. The summed E-state index contributed by atoms with van der Waals surface area (Å²) < 4.78 is 0. The number of nitrogens with one attached hydrogen (secondary N) is 1. The Morgan fingerprint density at radius 1 is 1.30 bits per heavy atom. The molecule has 132 valence electrons. The van der Waals surface area contributed by atoms with Crippen molar-refractivity contribution in [2.24, 2.45) is 5.73 Å². The Kier molecular flexibility index (Phi) is 9.89. The van der Waals surface area contributed by atoms with Gasteiger partial charge in [0.15, 0.2) is 6.29 Å². The predicted octanol–water partition coefficient (Wildman–Crippen LogP) is -4.01. The Balaban J connectivity index is 0.000000422. The molecule has 1 heterocycles. The van der Waals surface area contributed by atoms with Crippen molar-refractivity contribution in [3.8, 4) is 0 Å². The van der Waals surface area contributed by atoms with Crippen molar-refractivity contribution in [1.82, 2.24) is 9.97 Å². The van der Waals surface area contributed by atoms with Crippen molar-refractivity contribution in [3.05, 3.63) is 18.2 Å². The number of nitrogens with zero attached hydrogens (tertiary/aromatic N) is 1. The number of hydrogen-bond donors (Lipinski definition) is 8. The molecule has 0 aliphatic rings. The van der Waals surface area contributed by atoms with Gasteiger partial charge in [-0.2, -0.15) is 0 Å². The first kappa shape index (κ1) is 21.1. The molecular formula is C12H21N3O8. The number of carboxylic acid groups (broad SMARTS) is 1. The molecule has 0 spiro atoms. The molecule has 0 aliphatic heterocycles. The zero-order valence-corrected chi connectivity index (χ0v) is 12.1. The molecule has 0 aliphatic carbocycles. The number of aliphatic hydroxyl groups is 5. The van der Waals surface area contributed by atoms with Crippen molar-refractivity contribution in [3.63, 3.8) is 0 Å². The van der Waals surface area contributed by atoms with E-state index in [0.717, 1.165) is 0 Å². The number of hydrogen-bond acceptors (Lipinski definition) is 9. The van der Waals surface area contributed by atoms with Gasteiger partial charge in [0.1, 0.15) is 30.5 Å². The van der Waals surface area contributed by atoms with Crippen LogP contribution in [0.5, 0.6) is 0 Å². The molecule has 5 atom stereocenters. The van der Waals surface area contributed by atoms with Crippen molar-refractivity contribution in [2.45, 2.75) is 36.9 Å². The number of rotatable bonds is 8. The van der Waals surface area contributed by atoms with Crippen LogP contribution in [-0.2, 0) is 16.0 Å². The summed E-state index contributed by atoms with van der Waals surface area (Å²) in [5.74, 6) is -1.01. The van der Waals surface area contributed by atoms with Crippen molar-refractivity contribution in [2.75, 3.05) is 6.61 Å². The van der Waals surface area contributed by atoms with Gasteiger partial charge in [-0.3, -0.25) is 4.79 Å². The van der Waals surface area contributed by atoms with E-state index < -0.39 is 43.0 Å². The highest BCUT2D eigenvalue weighted by atomic mass is 16.4. The smallest absolute Gasteiger partial charge is 0.320 e. The van der Waals surface area contributed by atoms with Crippen LogP contribution in [0.4, 0.5) is 0 Å². The molecule has 11 heteroatoms. The van der Waals surface area contributed by atoms with Gasteiger partial charge >= 0.3 is 5.97 Å². The number of aliphatic hydroxyl groups excluding tert-OH is 5. The number of carbonyl (C=O) groups is 2. The monoisotopic (exact) mass is 335 g/mol. The number of aldehydes is 1. The molecule has 1 rings (SSSR count). The second-order valence-corrected chi connectivity index (χ2v) is 4.57. The van der Waals surface area contributed by atoms with Crippen LogP contribution in [0.15, 0.2) is 12.5 Å². The zero-order chi connectivity index (χ0) is 18.0. The normalized spacial score (nSPS) is 17.1. The van der Waals surface area contributed by atoms with Crippen LogP contribution in [0.25, 0.3) is 0 Å². The average molecular weight is 335 g/mol. The standard InChI is InChI=1S/C6H9N3O2.C6H12O6/c7-5(6(10)11)1-4-2-8-3-9-4;7-1-3(9)5(11)6(12)4(10)2-8/h2-3,5H,1,7H2,(H,8,9)(H,10,11);1,3-6,8-12H,2H2/t5-;3-,4-,5-,6-/m01/s1. The quantitative estimate of drug-likeness (QED) is 0.216. The van der Waals surface area contributed by atoms with E-state index in [1.807, 2.05) is 0 Å². The van der Waals surface area contributed by atoms with Gasteiger partial charge in [0, 0.05) is 12.6 Å². The molecule has 23 heavy (non-hydrogen) atoms. The highest BCUT2D eigenvalue weighted by Crippen LogP contribution is 2.03. The van der Waals surface area contributed by atoms with Crippen molar-refractivity contribution < 1.29 is 40.2 Å². The van der Waals surface area contributed by atoms with Crippen LogP contribution in [0.3, 0.4) is 0 Å². The van der Waals surface area contributed by atoms with Crippen LogP contribution in [0, 0.1) is 0 Å². The third-order valence-corrected chi connectivity index (χ3v) is 2.72. The molecule has 9 N–H and O–H groups in total. The Labute approximate surface area is 131 Å². The Morgan fingerprint density at radius 2 is 1.91 bits per heavy atom. The van der Waals surface area contributed by atoms with Gasteiger partial charge in [0.25, 0.3) is 0 Å². The largest absolute Gasteiger partial charge is 0.480 e. The lowest BCUT2D eigenvalue weighted by atomic mass is 10.0. The first-order valence-electron chi connectivity index (χ1n) is 6.49. The molecule has 0 bridgehead atoms. The highest BCUT2D eigenvalue weighted by Gasteiger charge is 2.29. The second kappa shape index (κ2) is 10.8. The molecule has 0 saturated carbocycles. The fourth-order valence-electron chi connectivity index (χ4n) is 1.33. The number of carboxylic acids is 1. The van der Waals surface area contributed by atoms with E-state index in [9.17, 15) is 9.59 Å². The molecular weight excluding hydrogens is 314 g/mol. The van der Waals surface area contributed by atoms with E-state index >= 15 is 0 Å². The SMILES string of the molecule is N[C@@H](Cc1c[nH]cn1)C(=O)O.O=C[C@@H](O)[C@@H](O)[C@H](O)[C@H](O)CO. The van der Waals surface area contributed by atoms with Gasteiger partial charge in [-0.15, -0.1) is 0 Å². The summed E-state index contributed by atoms with van der Waals surface area (Å²) in [5, 5.41) is 52.0. The minimum absolute atomic E-state index is 0.0258. The molecule has 0 amide bonds. The van der Waals surface area contributed by atoms with E-state index in [1.54, 1.807) is 6.20 Å². The molecule has 0 fully saturated rings. The van der Waals surface area contributed by atoms with Gasteiger partial charge < -0.3 is 46.2 Å². The van der Waals surface area contributed by atoms with E-state index in [-0.39, 0.29) is 12.7 Å². The van der Waals surface area contributed by atoms with Gasteiger partial charge in [0.2, 0.25) is 0 Å². The Hall–Kier alpha value is -1.89. The van der Waals surface area contributed by atoms with Crippen LogP contribution < -0.4 is 5.73 Å². The molecule has 1 aromatic rings. The maximum Gasteiger partial charge on any atom is 0.320 e. The summed E-state index contributed by atoms with van der Waals surface area (Å²) in [4.78, 5) is 26.7. The summed E-state index contributed by atoms with van der Waals surface area (Å²) in [7, 11) is 0.